The molecule has 17 heavy (non-hydrogen) atoms. The van der Waals surface area contributed by atoms with Crippen molar-refractivity contribution in [1.82, 2.24) is 5.32 Å². The largest absolute Gasteiger partial charge is 0.316 e. The predicted molar refractivity (Wildman–Crippen MR) is 70.0 cm³/mol. The Hall–Kier alpha value is -0.890. The van der Waals surface area contributed by atoms with Gasteiger partial charge in [0.2, 0.25) is 0 Å². The molecule has 0 amide bonds. The number of hydrogen-bond donors (Lipinski definition) is 1. The van der Waals surface area contributed by atoms with E-state index in [1.807, 2.05) is 12.1 Å². The molecule has 1 heterocycles. The van der Waals surface area contributed by atoms with Crippen molar-refractivity contribution in [1.29, 1.82) is 0 Å². The van der Waals surface area contributed by atoms with Crippen LogP contribution in [0.5, 0.6) is 0 Å². The second kappa shape index (κ2) is 4.41. The minimum atomic E-state index is -1.12. The Morgan fingerprint density at radius 3 is 2.06 bits per heavy atom. The molecular weight excluding hydrogens is 213 g/mol. The molecule has 0 saturated carbocycles. The average molecular weight is 235 g/mol. The first-order valence-electron chi connectivity index (χ1n) is 6.42. The van der Waals surface area contributed by atoms with Crippen molar-refractivity contribution in [3.63, 3.8) is 0 Å². The van der Waals surface area contributed by atoms with E-state index in [1.165, 1.54) is 5.56 Å². The molecule has 1 aromatic carbocycles. The molecule has 2 rings (SSSR count). The van der Waals surface area contributed by atoms with Gasteiger partial charge in [-0.15, -0.1) is 0 Å². The summed E-state index contributed by atoms with van der Waals surface area (Å²) < 4.78 is 14.7. The molecule has 1 aliphatic heterocycles. The van der Waals surface area contributed by atoms with Gasteiger partial charge >= 0.3 is 0 Å². The van der Waals surface area contributed by atoms with Crippen molar-refractivity contribution >= 4 is 0 Å². The van der Waals surface area contributed by atoms with Gasteiger partial charge in [-0.2, -0.15) is 0 Å². The van der Waals surface area contributed by atoms with Gasteiger partial charge in [-0.05, 0) is 42.5 Å². The summed E-state index contributed by atoms with van der Waals surface area (Å²) in [5.41, 5.74) is 1.11. The zero-order valence-corrected chi connectivity index (χ0v) is 11.0. The van der Waals surface area contributed by atoms with E-state index in [-0.39, 0.29) is 5.41 Å². The van der Waals surface area contributed by atoms with Gasteiger partial charge in [0.1, 0.15) is 5.67 Å². The van der Waals surface area contributed by atoms with Crippen molar-refractivity contribution in [2.45, 2.75) is 44.7 Å². The fraction of sp³-hybridized carbons (Fsp3) is 0.600. The Morgan fingerprint density at radius 1 is 1.06 bits per heavy atom. The predicted octanol–water partition coefficient (Wildman–Crippen LogP) is 3.53. The van der Waals surface area contributed by atoms with Crippen molar-refractivity contribution in [2.24, 2.45) is 0 Å². The van der Waals surface area contributed by atoms with Crippen LogP contribution in [-0.4, -0.2) is 13.1 Å². The maximum atomic E-state index is 14.7. The molecule has 0 bridgehead atoms. The first-order chi connectivity index (χ1) is 7.92. The topological polar surface area (TPSA) is 12.0 Å². The molecular formula is C15H22FN. The number of benzene rings is 1. The summed E-state index contributed by atoms with van der Waals surface area (Å²) >= 11 is 0. The van der Waals surface area contributed by atoms with Crippen LogP contribution in [-0.2, 0) is 11.1 Å². The van der Waals surface area contributed by atoms with Gasteiger partial charge in [0, 0.05) is 0 Å². The van der Waals surface area contributed by atoms with Crippen LogP contribution >= 0.6 is 0 Å². The molecule has 94 valence electrons. The SMILES string of the molecule is CC(C)(C)c1ccc(C2(F)CCNCC2)cc1. The van der Waals surface area contributed by atoms with Gasteiger partial charge < -0.3 is 5.32 Å². The number of nitrogens with one attached hydrogen (secondary N) is 1. The monoisotopic (exact) mass is 235 g/mol. The molecule has 1 aromatic rings. The Morgan fingerprint density at radius 2 is 1.59 bits per heavy atom. The number of alkyl halides is 1. The molecule has 0 spiro atoms. The Kier molecular flexibility index (Phi) is 3.26. The third-order valence-electron chi connectivity index (χ3n) is 3.66. The quantitative estimate of drug-likeness (QED) is 0.785. The van der Waals surface area contributed by atoms with Gasteiger partial charge in [-0.3, -0.25) is 0 Å². The van der Waals surface area contributed by atoms with E-state index < -0.39 is 5.67 Å². The molecule has 1 fully saturated rings. The molecule has 0 unspecified atom stereocenters. The molecule has 0 radical (unpaired) electrons. The first kappa shape index (κ1) is 12.6. The summed E-state index contributed by atoms with van der Waals surface area (Å²) in [5.74, 6) is 0. The molecule has 1 nitrogen and oxygen atoms in total. The lowest BCUT2D eigenvalue weighted by Crippen LogP contribution is -2.36. The zero-order valence-electron chi connectivity index (χ0n) is 11.0. The highest BCUT2D eigenvalue weighted by Gasteiger charge is 2.33. The second-order valence-electron chi connectivity index (χ2n) is 6.04. The van der Waals surface area contributed by atoms with Crippen LogP contribution in [0.3, 0.4) is 0 Å². The molecule has 1 N–H and O–H groups in total. The normalized spacial score (nSPS) is 20.2. The van der Waals surface area contributed by atoms with Crippen LogP contribution in [0.25, 0.3) is 0 Å². The number of hydrogen-bond acceptors (Lipinski definition) is 1. The fourth-order valence-electron chi connectivity index (χ4n) is 2.38. The Bertz CT molecular complexity index is 369. The number of rotatable bonds is 1. The fourth-order valence-corrected chi connectivity index (χ4v) is 2.38. The van der Waals surface area contributed by atoms with Crippen LogP contribution in [0.1, 0.15) is 44.7 Å². The van der Waals surface area contributed by atoms with E-state index in [9.17, 15) is 4.39 Å². The summed E-state index contributed by atoms with van der Waals surface area (Å²) in [4.78, 5) is 0. The molecule has 2 heteroatoms. The molecule has 0 aliphatic carbocycles. The maximum Gasteiger partial charge on any atom is 0.138 e. The van der Waals surface area contributed by atoms with Gasteiger partial charge in [-0.1, -0.05) is 45.0 Å². The van der Waals surface area contributed by atoms with Crippen molar-refractivity contribution in [2.75, 3.05) is 13.1 Å². The molecule has 1 aliphatic rings. The zero-order chi connectivity index (χ0) is 12.5. The van der Waals surface area contributed by atoms with E-state index in [4.69, 9.17) is 0 Å². The highest BCUT2D eigenvalue weighted by molar-refractivity contribution is 5.31. The highest BCUT2D eigenvalue weighted by Crippen LogP contribution is 2.35. The van der Waals surface area contributed by atoms with Crippen molar-refractivity contribution in [3.05, 3.63) is 35.4 Å². The lowest BCUT2D eigenvalue weighted by atomic mass is 9.82. The Balaban J connectivity index is 2.23. The van der Waals surface area contributed by atoms with Crippen LogP contribution in [0.15, 0.2) is 24.3 Å². The van der Waals surface area contributed by atoms with Crippen molar-refractivity contribution in [3.8, 4) is 0 Å². The van der Waals surface area contributed by atoms with Gasteiger partial charge in [0.05, 0.1) is 0 Å². The summed E-state index contributed by atoms with van der Waals surface area (Å²) in [5, 5.41) is 3.21. The highest BCUT2D eigenvalue weighted by atomic mass is 19.1. The maximum absolute atomic E-state index is 14.7. The average Bonchev–Trinajstić information content (AvgIpc) is 2.29. The van der Waals surface area contributed by atoms with Gasteiger partial charge in [-0.25, -0.2) is 4.39 Å². The smallest absolute Gasteiger partial charge is 0.138 e. The first-order valence-corrected chi connectivity index (χ1v) is 6.42. The van der Waals surface area contributed by atoms with Crippen LogP contribution < -0.4 is 5.32 Å². The third kappa shape index (κ3) is 2.68. The molecule has 0 aromatic heterocycles. The molecule has 0 atom stereocenters. The summed E-state index contributed by atoms with van der Waals surface area (Å²) in [7, 11) is 0. The number of halogens is 1. The lowest BCUT2D eigenvalue weighted by molar-refractivity contribution is 0.115. The van der Waals surface area contributed by atoms with Gasteiger partial charge in [0.15, 0.2) is 0 Å². The van der Waals surface area contributed by atoms with E-state index in [0.29, 0.717) is 12.8 Å². The van der Waals surface area contributed by atoms with E-state index >= 15 is 0 Å². The van der Waals surface area contributed by atoms with E-state index in [2.05, 4.69) is 38.2 Å². The standard InChI is InChI=1S/C15H22FN/c1-14(2,3)12-4-6-13(7-5-12)15(16)8-10-17-11-9-15/h4-7,17H,8-11H2,1-3H3. The molecule has 1 saturated heterocycles. The summed E-state index contributed by atoms with van der Waals surface area (Å²) in [6, 6.07) is 8.06. The van der Waals surface area contributed by atoms with E-state index in [0.717, 1.165) is 18.7 Å². The van der Waals surface area contributed by atoms with Crippen LogP contribution in [0.2, 0.25) is 0 Å². The van der Waals surface area contributed by atoms with Crippen molar-refractivity contribution < 1.29 is 4.39 Å². The minimum absolute atomic E-state index is 0.135. The van der Waals surface area contributed by atoms with Gasteiger partial charge in [0.25, 0.3) is 0 Å². The lowest BCUT2D eigenvalue weighted by Gasteiger charge is -2.31. The Labute approximate surface area is 103 Å². The second-order valence-corrected chi connectivity index (χ2v) is 6.04. The van der Waals surface area contributed by atoms with Crippen LogP contribution in [0, 0.1) is 0 Å². The third-order valence-corrected chi connectivity index (χ3v) is 3.66. The number of piperidine rings is 1. The minimum Gasteiger partial charge on any atom is -0.316 e. The summed E-state index contributed by atoms with van der Waals surface area (Å²) in [6.07, 6.45) is 1.17. The van der Waals surface area contributed by atoms with Crippen LogP contribution in [0.4, 0.5) is 4.39 Å². The summed E-state index contributed by atoms with van der Waals surface area (Å²) in [6.45, 7) is 8.09. The van der Waals surface area contributed by atoms with E-state index in [1.54, 1.807) is 0 Å².